The Bertz CT molecular complexity index is 1350. The first kappa shape index (κ1) is 26.8. The van der Waals surface area contributed by atoms with Gasteiger partial charge in [0, 0.05) is 11.4 Å². The number of carbonyl (C=O) groups is 2. The van der Waals surface area contributed by atoms with Crippen LogP contribution < -0.4 is 15.4 Å². The molecule has 3 aromatic carbocycles. The van der Waals surface area contributed by atoms with Crippen molar-refractivity contribution in [1.82, 2.24) is 0 Å². The van der Waals surface area contributed by atoms with Crippen LogP contribution in [0.1, 0.15) is 11.1 Å². The summed E-state index contributed by atoms with van der Waals surface area (Å²) in [4.78, 5) is 24.8. The number of hydrogen-bond donors (Lipinski definition) is 2. The maximum absolute atomic E-state index is 12.6. The predicted molar refractivity (Wildman–Crippen MR) is 146 cm³/mol. The van der Waals surface area contributed by atoms with Crippen molar-refractivity contribution in [2.24, 2.45) is 0 Å². The highest BCUT2D eigenvalue weighted by molar-refractivity contribution is 9.11. The van der Waals surface area contributed by atoms with E-state index in [1.165, 1.54) is 12.1 Å². The van der Waals surface area contributed by atoms with Crippen molar-refractivity contribution in [3.05, 3.63) is 90.3 Å². The molecule has 0 aliphatic carbocycles. The van der Waals surface area contributed by atoms with Gasteiger partial charge in [-0.1, -0.05) is 35.3 Å². The van der Waals surface area contributed by atoms with Crippen LogP contribution in [0, 0.1) is 18.3 Å². The van der Waals surface area contributed by atoms with Gasteiger partial charge in [0.25, 0.3) is 11.8 Å². The van der Waals surface area contributed by atoms with Crippen LogP contribution in [-0.2, 0) is 9.59 Å². The van der Waals surface area contributed by atoms with Crippen molar-refractivity contribution in [1.29, 1.82) is 5.26 Å². The van der Waals surface area contributed by atoms with E-state index in [2.05, 4.69) is 42.5 Å². The third-order valence-corrected chi connectivity index (χ3v) is 6.44. The van der Waals surface area contributed by atoms with Crippen molar-refractivity contribution in [3.63, 3.8) is 0 Å². The van der Waals surface area contributed by atoms with E-state index in [4.69, 9.17) is 27.9 Å². The van der Waals surface area contributed by atoms with Gasteiger partial charge in [0.05, 0.1) is 19.0 Å². The smallest absolute Gasteiger partial charge is 0.266 e. The van der Waals surface area contributed by atoms with Crippen LogP contribution in [-0.4, -0.2) is 18.4 Å². The number of ether oxygens (including phenoxy) is 1. The molecule has 6 nitrogen and oxygen atoms in total. The molecule has 0 saturated heterocycles. The van der Waals surface area contributed by atoms with Crippen LogP contribution in [0.25, 0.3) is 6.08 Å². The second-order valence-electron chi connectivity index (χ2n) is 7.27. The van der Waals surface area contributed by atoms with Crippen molar-refractivity contribution >= 4 is 84.3 Å². The molecule has 0 radical (unpaired) electrons. The summed E-state index contributed by atoms with van der Waals surface area (Å²) in [5.74, 6) is -0.537. The molecule has 0 bridgehead atoms. The lowest BCUT2D eigenvalue weighted by Gasteiger charge is -2.12. The minimum atomic E-state index is -0.523. The molecule has 0 spiro atoms. The highest BCUT2D eigenvalue weighted by Crippen LogP contribution is 2.35. The fourth-order valence-corrected chi connectivity index (χ4v) is 4.69. The molecule has 0 aromatic heterocycles. The van der Waals surface area contributed by atoms with Crippen molar-refractivity contribution in [3.8, 4) is 11.8 Å². The van der Waals surface area contributed by atoms with E-state index in [1.807, 2.05) is 31.2 Å². The summed E-state index contributed by atoms with van der Waals surface area (Å²) in [7, 11) is 0. The van der Waals surface area contributed by atoms with E-state index in [1.54, 1.807) is 30.3 Å². The zero-order valence-corrected chi connectivity index (χ0v) is 22.8. The quantitative estimate of drug-likeness (QED) is 0.209. The zero-order chi connectivity index (χ0) is 25.5. The Morgan fingerprint density at radius 3 is 2.31 bits per heavy atom. The number of rotatable bonds is 7. The summed E-state index contributed by atoms with van der Waals surface area (Å²) in [6.45, 7) is 1.64. The summed E-state index contributed by atoms with van der Waals surface area (Å²) in [5, 5.41) is 15.6. The lowest BCUT2D eigenvalue weighted by molar-refractivity contribution is -0.118. The average Bonchev–Trinajstić information content (AvgIpc) is 2.79. The number of nitrogens with zero attached hydrogens (tertiary/aromatic N) is 1. The second kappa shape index (κ2) is 12.2. The third-order valence-electron chi connectivity index (χ3n) is 4.52. The first-order valence-corrected chi connectivity index (χ1v) is 12.4. The lowest BCUT2D eigenvalue weighted by Crippen LogP contribution is -2.20. The highest BCUT2D eigenvalue weighted by atomic mass is 79.9. The molecule has 0 saturated carbocycles. The largest absolute Gasteiger partial charge is 0.481 e. The minimum Gasteiger partial charge on any atom is -0.481 e. The fourth-order valence-electron chi connectivity index (χ4n) is 2.95. The Morgan fingerprint density at radius 1 is 1.00 bits per heavy atom. The Hall–Kier alpha value is -2.83. The molecule has 0 aliphatic rings. The van der Waals surface area contributed by atoms with Crippen molar-refractivity contribution in [2.75, 3.05) is 17.2 Å². The van der Waals surface area contributed by atoms with Gasteiger partial charge in [-0.05, 0) is 98.5 Å². The van der Waals surface area contributed by atoms with Crippen LogP contribution in [0.2, 0.25) is 10.0 Å². The van der Waals surface area contributed by atoms with Gasteiger partial charge in [-0.2, -0.15) is 5.26 Å². The van der Waals surface area contributed by atoms with E-state index >= 15 is 0 Å². The molecule has 0 fully saturated rings. The van der Waals surface area contributed by atoms with E-state index in [-0.39, 0.29) is 12.2 Å². The first-order chi connectivity index (χ1) is 16.7. The average molecular weight is 638 g/mol. The molecular weight excluding hydrogens is 621 g/mol. The van der Waals surface area contributed by atoms with Crippen molar-refractivity contribution < 1.29 is 14.3 Å². The van der Waals surface area contributed by atoms with Gasteiger partial charge in [-0.3, -0.25) is 9.59 Å². The van der Waals surface area contributed by atoms with Crippen LogP contribution in [0.4, 0.5) is 11.4 Å². The summed E-state index contributed by atoms with van der Waals surface area (Å²) < 4.78 is 6.70. The zero-order valence-electron chi connectivity index (χ0n) is 18.2. The van der Waals surface area contributed by atoms with Crippen LogP contribution in [0.3, 0.4) is 0 Å². The van der Waals surface area contributed by atoms with Crippen molar-refractivity contribution in [2.45, 2.75) is 6.92 Å². The molecule has 2 N–H and O–H groups in total. The molecule has 3 rings (SSSR count). The topological polar surface area (TPSA) is 91.2 Å². The van der Waals surface area contributed by atoms with Gasteiger partial charge in [0.1, 0.15) is 17.4 Å². The molecule has 35 heavy (non-hydrogen) atoms. The molecule has 0 unspecified atom stereocenters. The van der Waals surface area contributed by atoms with E-state index in [0.717, 1.165) is 5.56 Å². The Kier molecular flexibility index (Phi) is 9.35. The number of carbonyl (C=O) groups excluding carboxylic acids is 2. The number of aryl methyl sites for hydroxylation is 1. The number of nitrogens with one attached hydrogen (secondary N) is 2. The van der Waals surface area contributed by atoms with Gasteiger partial charge in [0.2, 0.25) is 0 Å². The second-order valence-corrected chi connectivity index (χ2v) is 9.80. The maximum atomic E-state index is 12.6. The molecule has 2 amide bonds. The van der Waals surface area contributed by atoms with Crippen LogP contribution >= 0.6 is 55.1 Å². The summed E-state index contributed by atoms with van der Waals surface area (Å²) >= 11 is 18.7. The highest BCUT2D eigenvalue weighted by Gasteiger charge is 2.14. The van der Waals surface area contributed by atoms with E-state index in [0.29, 0.717) is 41.7 Å². The molecular formula is C25H17Br2Cl2N3O3. The molecule has 0 heterocycles. The SMILES string of the molecule is Cc1cccc(NC(=O)/C(C#N)=C/c2cc(Br)c(OCC(=O)Nc3ccc(Cl)c(Cl)c3)c(Br)c2)c1. The van der Waals surface area contributed by atoms with Gasteiger partial charge < -0.3 is 15.4 Å². The summed E-state index contributed by atoms with van der Waals surface area (Å²) in [5.41, 5.74) is 2.58. The van der Waals surface area contributed by atoms with Gasteiger partial charge in [-0.15, -0.1) is 0 Å². The Balaban J connectivity index is 1.69. The lowest BCUT2D eigenvalue weighted by atomic mass is 10.1. The molecule has 178 valence electrons. The standard InChI is InChI=1S/C25H17Br2Cl2N3O3/c1-14-3-2-4-17(7-14)32-25(34)16(12-30)8-15-9-19(26)24(20(27)10-15)35-13-23(33)31-18-5-6-21(28)22(29)11-18/h2-11H,13H2,1H3,(H,31,33)(H,32,34)/b16-8+. The first-order valence-electron chi connectivity index (χ1n) is 10.0. The number of anilines is 2. The molecule has 10 heteroatoms. The monoisotopic (exact) mass is 635 g/mol. The maximum Gasteiger partial charge on any atom is 0.266 e. The van der Waals surface area contributed by atoms with Gasteiger partial charge >= 0.3 is 0 Å². The van der Waals surface area contributed by atoms with Crippen LogP contribution in [0.15, 0.2) is 69.1 Å². The number of nitriles is 1. The van der Waals surface area contributed by atoms with E-state index in [9.17, 15) is 14.9 Å². The Labute approximate surface area is 229 Å². The molecule has 3 aromatic rings. The predicted octanol–water partition coefficient (Wildman–Crippen LogP) is 7.39. The normalized spacial score (nSPS) is 10.9. The van der Waals surface area contributed by atoms with Gasteiger partial charge in [0.15, 0.2) is 6.61 Å². The molecule has 0 aliphatic heterocycles. The third kappa shape index (κ3) is 7.58. The summed E-state index contributed by atoms with van der Waals surface area (Å²) in [6, 6.07) is 17.3. The van der Waals surface area contributed by atoms with E-state index < -0.39 is 11.8 Å². The minimum absolute atomic E-state index is 0.0695. The van der Waals surface area contributed by atoms with Crippen LogP contribution in [0.5, 0.6) is 5.75 Å². The fraction of sp³-hybridized carbons (Fsp3) is 0.0800. The number of benzene rings is 3. The number of halogens is 4. The summed E-state index contributed by atoms with van der Waals surface area (Å²) in [6.07, 6.45) is 1.46. The Morgan fingerprint density at radius 2 is 1.69 bits per heavy atom. The molecule has 0 atom stereocenters. The number of hydrogen-bond acceptors (Lipinski definition) is 4. The van der Waals surface area contributed by atoms with Gasteiger partial charge in [-0.25, -0.2) is 0 Å². The number of amides is 2.